The molecule has 3 atom stereocenters. The standard InChI is InChI=1S/C12H8F14O4S/c1-2-3-5-4-6(13,14)7(5,15)29-10(20,21)8(16,9(17,18)19)30-11(22,23)12(24,25)31(26,27)28/h2-3,5H,4H2,1H3/b3-2+. The molecule has 3 unspecified atom stereocenters. The summed E-state index contributed by atoms with van der Waals surface area (Å²) in [5.41, 5.74) is 0. The SMILES string of the molecule is C/C=C/C1CC(F)(F)C1(F)OC(F)(F)C(F)(OC(F)(F)C(F)(F)S(=O)(=O)F)C(F)(F)F. The van der Waals surface area contributed by atoms with Gasteiger partial charge >= 0.3 is 45.6 Å². The van der Waals surface area contributed by atoms with Gasteiger partial charge in [-0.25, -0.2) is 13.2 Å². The third kappa shape index (κ3) is 4.19. The van der Waals surface area contributed by atoms with Crippen molar-refractivity contribution < 1.29 is 78.9 Å². The van der Waals surface area contributed by atoms with Gasteiger partial charge in [-0.1, -0.05) is 16.0 Å². The number of allylic oxidation sites excluding steroid dienone is 1. The average molecular weight is 514 g/mol. The fraction of sp³-hybridized carbons (Fsp3) is 0.833. The summed E-state index contributed by atoms with van der Waals surface area (Å²) in [5, 5.41) is -7.39. The van der Waals surface area contributed by atoms with Crippen LogP contribution in [0.2, 0.25) is 0 Å². The van der Waals surface area contributed by atoms with Crippen molar-refractivity contribution in [1.82, 2.24) is 0 Å². The molecule has 0 aromatic heterocycles. The highest BCUT2D eigenvalue weighted by Crippen LogP contribution is 2.61. The van der Waals surface area contributed by atoms with Crippen LogP contribution in [0.5, 0.6) is 0 Å². The summed E-state index contributed by atoms with van der Waals surface area (Å²) in [6.45, 7) is 0.980. The molecule has 1 aliphatic rings. The maximum atomic E-state index is 14.2. The summed E-state index contributed by atoms with van der Waals surface area (Å²) in [5.74, 6) is -20.3. The molecule has 0 radical (unpaired) electrons. The van der Waals surface area contributed by atoms with E-state index in [4.69, 9.17) is 0 Å². The second kappa shape index (κ2) is 7.32. The number of halogens is 14. The summed E-state index contributed by atoms with van der Waals surface area (Å²) < 4.78 is 209. The number of hydrogen-bond acceptors (Lipinski definition) is 4. The molecule has 0 N–H and O–H groups in total. The van der Waals surface area contributed by atoms with Gasteiger partial charge in [-0.3, -0.25) is 9.47 Å². The number of hydrogen-bond donors (Lipinski definition) is 0. The molecule has 0 bridgehead atoms. The van der Waals surface area contributed by atoms with Crippen LogP contribution in [-0.4, -0.2) is 49.7 Å². The quantitative estimate of drug-likeness (QED) is 0.253. The third-order valence-corrected chi connectivity index (χ3v) is 4.66. The Morgan fingerprint density at radius 2 is 1.35 bits per heavy atom. The van der Waals surface area contributed by atoms with Crippen LogP contribution in [0.1, 0.15) is 13.3 Å². The summed E-state index contributed by atoms with van der Waals surface area (Å²) >= 11 is 0. The van der Waals surface area contributed by atoms with E-state index in [0.29, 0.717) is 12.2 Å². The highest BCUT2D eigenvalue weighted by Gasteiger charge is 2.85. The van der Waals surface area contributed by atoms with Crippen LogP contribution in [0.4, 0.5) is 61.0 Å². The van der Waals surface area contributed by atoms with E-state index in [1.807, 2.05) is 0 Å². The lowest BCUT2D eigenvalue weighted by atomic mass is 9.75. The van der Waals surface area contributed by atoms with Crippen molar-refractivity contribution in [3.05, 3.63) is 12.2 Å². The lowest BCUT2D eigenvalue weighted by molar-refractivity contribution is -0.545. The Hall–Kier alpha value is -1.37. The van der Waals surface area contributed by atoms with Gasteiger partial charge in [0.25, 0.3) is 5.85 Å². The first-order chi connectivity index (χ1) is 13.3. The predicted molar refractivity (Wildman–Crippen MR) is 68.6 cm³/mol. The van der Waals surface area contributed by atoms with Gasteiger partial charge in [0.2, 0.25) is 0 Å². The monoisotopic (exact) mass is 514 g/mol. The van der Waals surface area contributed by atoms with Gasteiger partial charge in [0, 0.05) is 12.3 Å². The van der Waals surface area contributed by atoms with E-state index in [2.05, 4.69) is 4.74 Å². The van der Waals surface area contributed by atoms with E-state index in [9.17, 15) is 69.4 Å². The maximum Gasteiger partial charge on any atom is 0.464 e. The molecule has 0 aliphatic heterocycles. The molecule has 31 heavy (non-hydrogen) atoms. The van der Waals surface area contributed by atoms with Crippen LogP contribution >= 0.6 is 0 Å². The van der Waals surface area contributed by atoms with Crippen molar-refractivity contribution >= 4 is 10.2 Å². The second-order valence-electron chi connectivity index (χ2n) is 5.97. The third-order valence-electron chi connectivity index (χ3n) is 3.81. The van der Waals surface area contributed by atoms with Crippen molar-refractivity contribution in [1.29, 1.82) is 0 Å². The smallest absolute Gasteiger partial charge is 0.271 e. The van der Waals surface area contributed by atoms with Gasteiger partial charge in [-0.2, -0.15) is 52.3 Å². The second-order valence-corrected chi connectivity index (χ2v) is 7.36. The number of ether oxygens (including phenoxy) is 2. The van der Waals surface area contributed by atoms with Crippen molar-refractivity contribution in [2.75, 3.05) is 0 Å². The molecule has 0 heterocycles. The first-order valence-electron chi connectivity index (χ1n) is 7.26. The molecule has 4 nitrogen and oxygen atoms in total. The van der Waals surface area contributed by atoms with Crippen LogP contribution < -0.4 is 0 Å². The Labute approximate surface area is 163 Å². The molecular formula is C12H8F14O4S. The summed E-state index contributed by atoms with van der Waals surface area (Å²) in [4.78, 5) is 0. The normalized spacial score (nSPS) is 27.8. The van der Waals surface area contributed by atoms with Gasteiger partial charge in [-0.05, 0) is 6.92 Å². The Balaban J connectivity index is 3.54. The van der Waals surface area contributed by atoms with Crippen molar-refractivity contribution in [2.45, 2.75) is 54.6 Å². The fourth-order valence-corrected chi connectivity index (χ4v) is 2.50. The minimum Gasteiger partial charge on any atom is -0.271 e. The minimum atomic E-state index is -7.92. The highest BCUT2D eigenvalue weighted by molar-refractivity contribution is 7.87. The Bertz CT molecular complexity index is 822. The Kier molecular flexibility index (Phi) is 6.54. The molecule has 184 valence electrons. The average Bonchev–Trinajstić information content (AvgIpc) is 2.51. The zero-order chi connectivity index (χ0) is 25.1. The van der Waals surface area contributed by atoms with E-state index in [0.717, 1.165) is 6.92 Å². The van der Waals surface area contributed by atoms with E-state index >= 15 is 0 Å². The fourth-order valence-electron chi connectivity index (χ4n) is 2.17. The topological polar surface area (TPSA) is 52.6 Å². The summed E-state index contributed by atoms with van der Waals surface area (Å²) in [6.07, 6.45) is -23.0. The van der Waals surface area contributed by atoms with Crippen LogP contribution in [0.15, 0.2) is 12.2 Å². The molecule has 0 spiro atoms. The minimum absolute atomic E-state index is 0.334. The molecule has 0 aromatic carbocycles. The molecule has 0 amide bonds. The lowest BCUT2D eigenvalue weighted by Gasteiger charge is -2.50. The van der Waals surface area contributed by atoms with Gasteiger partial charge < -0.3 is 0 Å². The van der Waals surface area contributed by atoms with Crippen molar-refractivity contribution in [3.8, 4) is 0 Å². The molecular weight excluding hydrogens is 506 g/mol. The zero-order valence-electron chi connectivity index (χ0n) is 14.3. The molecule has 19 heteroatoms. The first-order valence-corrected chi connectivity index (χ1v) is 8.64. The van der Waals surface area contributed by atoms with Gasteiger partial charge in [0.15, 0.2) is 0 Å². The molecule has 1 saturated carbocycles. The predicted octanol–water partition coefficient (Wildman–Crippen LogP) is 5.22. The zero-order valence-corrected chi connectivity index (χ0v) is 15.1. The van der Waals surface area contributed by atoms with Crippen LogP contribution in [0.3, 0.4) is 0 Å². The van der Waals surface area contributed by atoms with Crippen molar-refractivity contribution in [3.63, 3.8) is 0 Å². The van der Waals surface area contributed by atoms with Gasteiger partial charge in [0.05, 0.1) is 0 Å². The van der Waals surface area contributed by atoms with Crippen LogP contribution in [-0.2, 0) is 19.7 Å². The molecule has 1 aliphatic carbocycles. The molecule has 1 fully saturated rings. The molecule has 0 aromatic rings. The van der Waals surface area contributed by atoms with Crippen molar-refractivity contribution in [2.24, 2.45) is 5.92 Å². The van der Waals surface area contributed by atoms with E-state index in [1.54, 1.807) is 4.74 Å². The molecule has 0 saturated heterocycles. The lowest BCUT2D eigenvalue weighted by Crippen LogP contribution is -2.70. The Morgan fingerprint density at radius 1 is 0.903 bits per heavy atom. The van der Waals surface area contributed by atoms with Gasteiger partial charge in [-0.15, -0.1) is 0 Å². The van der Waals surface area contributed by atoms with E-state index in [-0.39, 0.29) is 0 Å². The highest BCUT2D eigenvalue weighted by atomic mass is 32.3. The summed E-state index contributed by atoms with van der Waals surface area (Å²) in [6, 6.07) is 0. The summed E-state index contributed by atoms with van der Waals surface area (Å²) in [7, 11) is -7.92. The molecule has 1 rings (SSSR count). The number of rotatable bonds is 8. The van der Waals surface area contributed by atoms with Crippen LogP contribution in [0, 0.1) is 5.92 Å². The van der Waals surface area contributed by atoms with E-state index in [1.165, 1.54) is 0 Å². The van der Waals surface area contributed by atoms with Gasteiger partial charge in [0.1, 0.15) is 0 Å². The van der Waals surface area contributed by atoms with E-state index < -0.39 is 63.8 Å². The largest absolute Gasteiger partial charge is 0.464 e. The van der Waals surface area contributed by atoms with Crippen LogP contribution in [0.25, 0.3) is 0 Å². The number of alkyl halides is 13. The first kappa shape index (κ1) is 27.7. The Morgan fingerprint density at radius 3 is 1.68 bits per heavy atom. The maximum absolute atomic E-state index is 14.2.